The molecule has 1 aliphatic rings. The number of allylic oxidation sites excluding steroid dienone is 1. The average molecular weight is 308 g/mol. The van der Waals surface area contributed by atoms with Crippen LogP contribution in [0, 0.1) is 5.82 Å². The van der Waals surface area contributed by atoms with Gasteiger partial charge in [-0.25, -0.2) is 9.18 Å². The van der Waals surface area contributed by atoms with Crippen LogP contribution in [0.4, 0.5) is 4.39 Å². The summed E-state index contributed by atoms with van der Waals surface area (Å²) in [6.07, 6.45) is 0. The molecule has 6 heteroatoms. The standard InChI is InChI=1S/C15H17FN2O2S/c1-4-18-9(2)12(14(19)20-3)13(17-15(18)21)10-6-5-7-11(16)8-10/h5-8,13H,4H2,1-3H3,(H,17,21)/t13-/m1/s1. The van der Waals surface area contributed by atoms with Crippen molar-refractivity contribution in [1.82, 2.24) is 10.2 Å². The van der Waals surface area contributed by atoms with Gasteiger partial charge in [-0.15, -0.1) is 0 Å². The highest BCUT2D eigenvalue weighted by molar-refractivity contribution is 7.80. The summed E-state index contributed by atoms with van der Waals surface area (Å²) in [7, 11) is 1.33. The Labute approximate surface area is 128 Å². The Balaban J connectivity index is 2.55. The number of carbonyl (C=O) groups excluding carboxylic acids is 1. The van der Waals surface area contributed by atoms with Crippen LogP contribution in [0.1, 0.15) is 25.5 Å². The van der Waals surface area contributed by atoms with E-state index in [9.17, 15) is 9.18 Å². The second-order valence-electron chi connectivity index (χ2n) is 4.67. The van der Waals surface area contributed by atoms with Crippen molar-refractivity contribution in [2.24, 2.45) is 0 Å². The minimum absolute atomic E-state index is 0.361. The Morgan fingerprint density at radius 3 is 2.81 bits per heavy atom. The SMILES string of the molecule is CCN1C(=S)N[C@H](c2cccc(F)c2)C(C(=O)OC)=C1C. The molecule has 1 atom stereocenters. The first kappa shape index (κ1) is 15.4. The summed E-state index contributed by atoms with van der Waals surface area (Å²) < 4.78 is 18.3. The van der Waals surface area contributed by atoms with Gasteiger partial charge in [-0.1, -0.05) is 12.1 Å². The number of methoxy groups -OCH3 is 1. The van der Waals surface area contributed by atoms with E-state index in [2.05, 4.69) is 5.32 Å². The molecular weight excluding hydrogens is 291 g/mol. The van der Waals surface area contributed by atoms with Crippen molar-refractivity contribution in [3.05, 3.63) is 46.9 Å². The van der Waals surface area contributed by atoms with Crippen molar-refractivity contribution in [2.75, 3.05) is 13.7 Å². The molecule has 0 fully saturated rings. The summed E-state index contributed by atoms with van der Waals surface area (Å²) in [5.41, 5.74) is 1.80. The zero-order valence-electron chi connectivity index (χ0n) is 12.1. The molecule has 1 heterocycles. The third kappa shape index (κ3) is 2.90. The molecule has 2 rings (SSSR count). The summed E-state index contributed by atoms with van der Waals surface area (Å²) in [5, 5.41) is 3.60. The van der Waals surface area contributed by atoms with E-state index in [0.29, 0.717) is 22.8 Å². The third-order valence-electron chi connectivity index (χ3n) is 3.50. The summed E-state index contributed by atoms with van der Waals surface area (Å²) >= 11 is 5.32. The fourth-order valence-electron chi connectivity index (χ4n) is 2.47. The maximum atomic E-state index is 13.5. The quantitative estimate of drug-likeness (QED) is 0.686. The van der Waals surface area contributed by atoms with Gasteiger partial charge in [-0.2, -0.15) is 0 Å². The summed E-state index contributed by atoms with van der Waals surface area (Å²) in [6, 6.07) is 5.59. The molecule has 0 aliphatic carbocycles. The van der Waals surface area contributed by atoms with Crippen molar-refractivity contribution in [3.8, 4) is 0 Å². The van der Waals surface area contributed by atoms with Crippen LogP contribution in [0.2, 0.25) is 0 Å². The Hall–Kier alpha value is -1.95. The van der Waals surface area contributed by atoms with Crippen molar-refractivity contribution in [3.63, 3.8) is 0 Å². The molecule has 0 unspecified atom stereocenters. The number of benzene rings is 1. The number of rotatable bonds is 3. The van der Waals surface area contributed by atoms with Gasteiger partial charge < -0.3 is 15.0 Å². The summed E-state index contributed by atoms with van der Waals surface area (Å²) in [4.78, 5) is 13.9. The Bertz CT molecular complexity index is 615. The van der Waals surface area contributed by atoms with Crippen LogP contribution in [0.25, 0.3) is 0 Å². The van der Waals surface area contributed by atoms with Crippen LogP contribution >= 0.6 is 12.2 Å². The number of nitrogens with one attached hydrogen (secondary N) is 1. The van der Waals surface area contributed by atoms with E-state index in [4.69, 9.17) is 17.0 Å². The van der Waals surface area contributed by atoms with Crippen molar-refractivity contribution < 1.29 is 13.9 Å². The van der Waals surface area contributed by atoms with Crippen molar-refractivity contribution in [1.29, 1.82) is 0 Å². The van der Waals surface area contributed by atoms with Gasteiger partial charge in [-0.05, 0) is 43.8 Å². The molecule has 21 heavy (non-hydrogen) atoms. The van der Waals surface area contributed by atoms with E-state index >= 15 is 0 Å². The molecule has 0 radical (unpaired) electrons. The first-order chi connectivity index (χ1) is 9.99. The minimum atomic E-state index is -0.511. The Morgan fingerprint density at radius 1 is 1.52 bits per heavy atom. The van der Waals surface area contributed by atoms with Crippen molar-refractivity contribution >= 4 is 23.3 Å². The highest BCUT2D eigenvalue weighted by Crippen LogP contribution is 2.31. The molecule has 0 saturated carbocycles. The molecular formula is C15H17FN2O2S. The number of thiocarbonyl (C=S) groups is 1. The molecule has 0 saturated heterocycles. The van der Waals surface area contributed by atoms with Crippen molar-refractivity contribution in [2.45, 2.75) is 19.9 Å². The van der Waals surface area contributed by atoms with Gasteiger partial charge in [0.15, 0.2) is 5.11 Å². The zero-order chi connectivity index (χ0) is 15.6. The van der Waals surface area contributed by atoms with Gasteiger partial charge in [0.1, 0.15) is 5.82 Å². The van der Waals surface area contributed by atoms with Crippen LogP contribution in [0.15, 0.2) is 35.5 Å². The summed E-state index contributed by atoms with van der Waals surface area (Å²) in [5.74, 6) is -0.810. The maximum Gasteiger partial charge on any atom is 0.337 e. The topological polar surface area (TPSA) is 41.6 Å². The first-order valence-electron chi connectivity index (χ1n) is 6.62. The highest BCUT2D eigenvalue weighted by atomic mass is 32.1. The molecule has 1 aromatic rings. The van der Waals surface area contributed by atoms with Crippen LogP contribution in [-0.4, -0.2) is 29.6 Å². The largest absolute Gasteiger partial charge is 0.466 e. The normalized spacial score (nSPS) is 18.6. The predicted octanol–water partition coefficient (Wildman–Crippen LogP) is 2.52. The molecule has 0 aromatic heterocycles. The van der Waals surface area contributed by atoms with Crippen LogP contribution in [0.3, 0.4) is 0 Å². The summed E-state index contributed by atoms with van der Waals surface area (Å²) in [6.45, 7) is 4.39. The van der Waals surface area contributed by atoms with E-state index in [0.717, 1.165) is 5.70 Å². The number of carbonyl (C=O) groups is 1. The second-order valence-corrected chi connectivity index (χ2v) is 5.06. The smallest absolute Gasteiger partial charge is 0.337 e. The number of ether oxygens (including phenoxy) is 1. The Morgan fingerprint density at radius 2 is 2.24 bits per heavy atom. The number of hydrogen-bond donors (Lipinski definition) is 1. The van der Waals surface area contributed by atoms with Gasteiger partial charge >= 0.3 is 5.97 Å². The van der Waals surface area contributed by atoms with E-state index in [-0.39, 0.29) is 5.82 Å². The minimum Gasteiger partial charge on any atom is -0.466 e. The maximum absolute atomic E-state index is 13.5. The first-order valence-corrected chi connectivity index (χ1v) is 7.03. The average Bonchev–Trinajstić information content (AvgIpc) is 2.46. The molecule has 1 aromatic carbocycles. The highest BCUT2D eigenvalue weighted by Gasteiger charge is 2.33. The number of halogens is 1. The Kier molecular flexibility index (Phi) is 4.57. The molecule has 0 amide bonds. The third-order valence-corrected chi connectivity index (χ3v) is 3.84. The van der Waals surface area contributed by atoms with Gasteiger partial charge in [-0.3, -0.25) is 0 Å². The number of nitrogens with zero attached hydrogens (tertiary/aromatic N) is 1. The zero-order valence-corrected chi connectivity index (χ0v) is 13.0. The predicted molar refractivity (Wildman–Crippen MR) is 82.0 cm³/mol. The fraction of sp³-hybridized carbons (Fsp3) is 0.333. The van der Waals surface area contributed by atoms with Gasteiger partial charge in [0.2, 0.25) is 0 Å². The van der Waals surface area contributed by atoms with Crippen LogP contribution < -0.4 is 5.32 Å². The molecule has 112 valence electrons. The lowest BCUT2D eigenvalue weighted by molar-refractivity contribution is -0.136. The van der Waals surface area contributed by atoms with Gasteiger partial charge in [0.25, 0.3) is 0 Å². The van der Waals surface area contributed by atoms with Gasteiger partial charge in [0, 0.05) is 12.2 Å². The molecule has 0 bridgehead atoms. The second kappa shape index (κ2) is 6.22. The lowest BCUT2D eigenvalue weighted by Gasteiger charge is -2.36. The molecule has 1 N–H and O–H groups in total. The molecule has 1 aliphatic heterocycles. The van der Waals surface area contributed by atoms with E-state index in [1.165, 1.54) is 19.2 Å². The number of hydrogen-bond acceptors (Lipinski definition) is 3. The molecule has 0 spiro atoms. The fourth-order valence-corrected chi connectivity index (χ4v) is 2.86. The van der Waals surface area contributed by atoms with Crippen LogP contribution in [-0.2, 0) is 9.53 Å². The van der Waals surface area contributed by atoms with E-state index in [1.54, 1.807) is 12.1 Å². The monoisotopic (exact) mass is 308 g/mol. The number of esters is 1. The van der Waals surface area contributed by atoms with Gasteiger partial charge in [0.05, 0.1) is 18.7 Å². The lowest BCUT2D eigenvalue weighted by atomic mass is 9.95. The molecule has 4 nitrogen and oxygen atoms in total. The lowest BCUT2D eigenvalue weighted by Crippen LogP contribution is -2.47. The van der Waals surface area contributed by atoms with E-state index in [1.807, 2.05) is 18.7 Å². The van der Waals surface area contributed by atoms with Crippen LogP contribution in [0.5, 0.6) is 0 Å². The van der Waals surface area contributed by atoms with E-state index < -0.39 is 12.0 Å².